The molecule has 3 unspecified atom stereocenters. The average Bonchev–Trinajstić information content (AvgIpc) is 2.40. The Kier molecular flexibility index (Phi) is 4.92. The van der Waals surface area contributed by atoms with Crippen LogP contribution < -0.4 is 0 Å². The zero-order valence-electron chi connectivity index (χ0n) is 12.8. The second-order valence-electron chi connectivity index (χ2n) is 6.87. The van der Waals surface area contributed by atoms with Gasteiger partial charge >= 0.3 is 0 Å². The SMILES string of the molecule is CCCCCC1(C)C(CC)CCC2=CCCCC21. The van der Waals surface area contributed by atoms with Crippen LogP contribution in [0.15, 0.2) is 11.6 Å². The molecule has 0 aromatic carbocycles. The third-order valence-corrected chi connectivity index (χ3v) is 5.87. The van der Waals surface area contributed by atoms with Gasteiger partial charge in [-0.05, 0) is 55.8 Å². The minimum absolute atomic E-state index is 0.619. The van der Waals surface area contributed by atoms with Crippen molar-refractivity contribution in [1.29, 1.82) is 0 Å². The van der Waals surface area contributed by atoms with E-state index >= 15 is 0 Å². The highest BCUT2D eigenvalue weighted by molar-refractivity contribution is 5.18. The van der Waals surface area contributed by atoms with Crippen LogP contribution >= 0.6 is 0 Å². The Morgan fingerprint density at radius 3 is 2.78 bits per heavy atom. The molecule has 0 aromatic heterocycles. The molecule has 0 radical (unpaired) electrons. The lowest BCUT2D eigenvalue weighted by atomic mass is 9.54. The van der Waals surface area contributed by atoms with Gasteiger partial charge in [0, 0.05) is 0 Å². The summed E-state index contributed by atoms with van der Waals surface area (Å²) in [6, 6.07) is 0. The molecule has 0 bridgehead atoms. The number of allylic oxidation sites excluding steroid dienone is 2. The summed E-state index contributed by atoms with van der Waals surface area (Å²) in [6.45, 7) is 7.37. The molecule has 18 heavy (non-hydrogen) atoms. The van der Waals surface area contributed by atoms with Crippen LogP contribution in [0.4, 0.5) is 0 Å². The monoisotopic (exact) mass is 248 g/mol. The van der Waals surface area contributed by atoms with Crippen LogP contribution in [0.5, 0.6) is 0 Å². The van der Waals surface area contributed by atoms with Crippen LogP contribution in [0.3, 0.4) is 0 Å². The lowest BCUT2D eigenvalue weighted by Crippen LogP contribution is -2.41. The number of hydrogen-bond donors (Lipinski definition) is 0. The second kappa shape index (κ2) is 6.26. The third-order valence-electron chi connectivity index (χ3n) is 5.87. The van der Waals surface area contributed by atoms with Crippen molar-refractivity contribution < 1.29 is 0 Å². The fourth-order valence-corrected chi connectivity index (χ4v) is 4.73. The van der Waals surface area contributed by atoms with E-state index < -0.39 is 0 Å². The number of hydrogen-bond acceptors (Lipinski definition) is 0. The van der Waals surface area contributed by atoms with Crippen molar-refractivity contribution in [2.75, 3.05) is 0 Å². The standard InChI is InChI=1S/C18H32/c1-4-6-9-14-18(3)16(5-2)13-12-15-10-7-8-11-17(15)18/h10,16-17H,4-9,11-14H2,1-3H3. The Labute approximate surface area is 114 Å². The third kappa shape index (κ3) is 2.68. The second-order valence-corrected chi connectivity index (χ2v) is 6.87. The van der Waals surface area contributed by atoms with Crippen LogP contribution in [0.1, 0.15) is 85.0 Å². The van der Waals surface area contributed by atoms with Gasteiger partial charge in [0.2, 0.25) is 0 Å². The van der Waals surface area contributed by atoms with Crippen LogP contribution in [0.2, 0.25) is 0 Å². The Hall–Kier alpha value is -0.260. The van der Waals surface area contributed by atoms with Crippen molar-refractivity contribution in [2.24, 2.45) is 17.3 Å². The topological polar surface area (TPSA) is 0 Å². The first-order valence-corrected chi connectivity index (χ1v) is 8.41. The molecule has 0 amide bonds. The smallest absolute Gasteiger partial charge is 0.0146 e. The van der Waals surface area contributed by atoms with Crippen LogP contribution in [-0.2, 0) is 0 Å². The summed E-state index contributed by atoms with van der Waals surface area (Å²) in [5.41, 5.74) is 2.46. The molecule has 0 aliphatic heterocycles. The Bertz CT molecular complexity index is 288. The van der Waals surface area contributed by atoms with Crippen molar-refractivity contribution in [1.82, 2.24) is 0 Å². The van der Waals surface area contributed by atoms with Gasteiger partial charge in [-0.3, -0.25) is 0 Å². The van der Waals surface area contributed by atoms with Crippen molar-refractivity contribution in [2.45, 2.75) is 85.0 Å². The molecule has 0 saturated heterocycles. The molecule has 1 saturated carbocycles. The lowest BCUT2D eigenvalue weighted by Gasteiger charge is -2.50. The van der Waals surface area contributed by atoms with E-state index in [9.17, 15) is 0 Å². The van der Waals surface area contributed by atoms with Gasteiger partial charge in [-0.1, -0.05) is 58.1 Å². The summed E-state index contributed by atoms with van der Waals surface area (Å²) < 4.78 is 0. The van der Waals surface area contributed by atoms with Crippen molar-refractivity contribution in [3.63, 3.8) is 0 Å². The molecule has 0 N–H and O–H groups in total. The van der Waals surface area contributed by atoms with Gasteiger partial charge in [-0.25, -0.2) is 0 Å². The molecule has 0 heterocycles. The van der Waals surface area contributed by atoms with Gasteiger partial charge in [0.25, 0.3) is 0 Å². The molecule has 104 valence electrons. The summed E-state index contributed by atoms with van der Waals surface area (Å²) in [5.74, 6) is 1.91. The average molecular weight is 248 g/mol. The van der Waals surface area contributed by atoms with Gasteiger partial charge in [0.15, 0.2) is 0 Å². The zero-order valence-corrected chi connectivity index (χ0v) is 12.8. The lowest BCUT2D eigenvalue weighted by molar-refractivity contribution is 0.0511. The molecule has 2 aliphatic rings. The summed E-state index contributed by atoms with van der Waals surface area (Å²) in [7, 11) is 0. The van der Waals surface area contributed by atoms with Gasteiger partial charge in [-0.2, -0.15) is 0 Å². The number of unbranched alkanes of at least 4 members (excludes halogenated alkanes) is 2. The minimum Gasteiger partial charge on any atom is -0.0850 e. The molecule has 0 aromatic rings. The van der Waals surface area contributed by atoms with Gasteiger partial charge < -0.3 is 0 Å². The minimum atomic E-state index is 0.619. The Morgan fingerprint density at radius 1 is 1.22 bits per heavy atom. The molecule has 0 nitrogen and oxygen atoms in total. The fraction of sp³-hybridized carbons (Fsp3) is 0.889. The fourth-order valence-electron chi connectivity index (χ4n) is 4.73. The summed E-state index contributed by atoms with van der Waals surface area (Å²) in [5, 5.41) is 0. The van der Waals surface area contributed by atoms with Crippen molar-refractivity contribution >= 4 is 0 Å². The first-order chi connectivity index (χ1) is 8.72. The Morgan fingerprint density at radius 2 is 2.06 bits per heavy atom. The Balaban J connectivity index is 2.13. The van der Waals surface area contributed by atoms with E-state index in [1.165, 1.54) is 64.2 Å². The number of rotatable bonds is 5. The van der Waals surface area contributed by atoms with E-state index in [4.69, 9.17) is 0 Å². The van der Waals surface area contributed by atoms with Gasteiger partial charge in [0.05, 0.1) is 0 Å². The van der Waals surface area contributed by atoms with Crippen molar-refractivity contribution in [3.05, 3.63) is 11.6 Å². The van der Waals surface area contributed by atoms with Crippen LogP contribution in [-0.4, -0.2) is 0 Å². The first-order valence-electron chi connectivity index (χ1n) is 8.41. The molecular weight excluding hydrogens is 216 g/mol. The van der Waals surface area contributed by atoms with Gasteiger partial charge in [-0.15, -0.1) is 0 Å². The zero-order chi connectivity index (χ0) is 13.0. The summed E-state index contributed by atoms with van der Waals surface area (Å²) in [6.07, 6.45) is 16.8. The highest BCUT2D eigenvalue weighted by Crippen LogP contribution is 2.55. The molecule has 1 fully saturated rings. The molecule has 0 spiro atoms. The highest BCUT2D eigenvalue weighted by atomic mass is 14.5. The van der Waals surface area contributed by atoms with E-state index in [0.29, 0.717) is 5.41 Å². The summed E-state index contributed by atoms with van der Waals surface area (Å²) in [4.78, 5) is 0. The van der Waals surface area contributed by atoms with Crippen LogP contribution in [0, 0.1) is 17.3 Å². The maximum Gasteiger partial charge on any atom is -0.0146 e. The van der Waals surface area contributed by atoms with Crippen molar-refractivity contribution in [3.8, 4) is 0 Å². The molecule has 2 aliphatic carbocycles. The quantitative estimate of drug-likeness (QED) is 0.406. The van der Waals surface area contributed by atoms with Gasteiger partial charge in [0.1, 0.15) is 0 Å². The number of fused-ring (bicyclic) bond motifs is 1. The normalized spacial score (nSPS) is 36.1. The van der Waals surface area contributed by atoms with E-state index in [1.807, 2.05) is 5.57 Å². The predicted molar refractivity (Wildman–Crippen MR) is 80.7 cm³/mol. The molecule has 3 atom stereocenters. The van der Waals surface area contributed by atoms with E-state index in [-0.39, 0.29) is 0 Å². The summed E-state index contributed by atoms with van der Waals surface area (Å²) >= 11 is 0. The van der Waals surface area contributed by atoms with E-state index in [0.717, 1.165) is 11.8 Å². The van der Waals surface area contributed by atoms with E-state index in [2.05, 4.69) is 26.8 Å². The first kappa shape index (κ1) is 14.2. The van der Waals surface area contributed by atoms with E-state index in [1.54, 1.807) is 0 Å². The molecule has 2 rings (SSSR count). The maximum atomic E-state index is 2.62. The predicted octanol–water partition coefficient (Wildman–Crippen LogP) is 6.12. The maximum absolute atomic E-state index is 2.62. The highest BCUT2D eigenvalue weighted by Gasteiger charge is 2.44. The largest absolute Gasteiger partial charge is 0.0850 e. The van der Waals surface area contributed by atoms with Crippen LogP contribution in [0.25, 0.3) is 0 Å². The molecular formula is C18H32. The molecule has 0 heteroatoms.